The van der Waals surface area contributed by atoms with E-state index in [2.05, 4.69) is 10.2 Å². The van der Waals surface area contributed by atoms with Crippen molar-refractivity contribution in [1.29, 1.82) is 0 Å². The Kier molecular flexibility index (Phi) is 6.89. The molecule has 1 aliphatic heterocycles. The van der Waals surface area contributed by atoms with Crippen molar-refractivity contribution in [2.75, 3.05) is 44.2 Å². The lowest BCUT2D eigenvalue weighted by Gasteiger charge is -2.36. The van der Waals surface area contributed by atoms with E-state index in [0.717, 1.165) is 30.1 Å². The summed E-state index contributed by atoms with van der Waals surface area (Å²) in [5.74, 6) is 0.695. The maximum atomic E-state index is 12.4. The van der Waals surface area contributed by atoms with Crippen LogP contribution in [0.3, 0.4) is 0 Å². The highest BCUT2D eigenvalue weighted by molar-refractivity contribution is 5.85. The van der Waals surface area contributed by atoms with Gasteiger partial charge in [-0.25, -0.2) is 0 Å². The summed E-state index contributed by atoms with van der Waals surface area (Å²) in [4.78, 5) is 28.5. The van der Waals surface area contributed by atoms with Crippen molar-refractivity contribution in [3.8, 4) is 5.75 Å². The average Bonchev–Trinajstić information content (AvgIpc) is 2.73. The number of amides is 2. The molecule has 0 aliphatic carbocycles. The van der Waals surface area contributed by atoms with Crippen molar-refractivity contribution in [2.45, 2.75) is 13.3 Å². The molecule has 0 radical (unpaired) electrons. The minimum Gasteiger partial charge on any atom is -0.492 e. The quantitative estimate of drug-likeness (QED) is 0.798. The molecule has 148 valence electrons. The summed E-state index contributed by atoms with van der Waals surface area (Å²) in [6, 6.07) is 17.5. The second-order valence-corrected chi connectivity index (χ2v) is 6.71. The molecular weight excluding hydrogens is 354 g/mol. The van der Waals surface area contributed by atoms with Crippen molar-refractivity contribution < 1.29 is 14.3 Å². The number of anilines is 1. The molecule has 1 saturated heterocycles. The molecule has 0 bridgehead atoms. The van der Waals surface area contributed by atoms with E-state index in [-0.39, 0.29) is 24.8 Å². The summed E-state index contributed by atoms with van der Waals surface area (Å²) >= 11 is 0. The third-order valence-corrected chi connectivity index (χ3v) is 4.78. The van der Waals surface area contributed by atoms with E-state index in [0.29, 0.717) is 19.7 Å². The fraction of sp³-hybridized carbons (Fsp3) is 0.364. The summed E-state index contributed by atoms with van der Waals surface area (Å²) in [6.45, 7) is 5.39. The van der Waals surface area contributed by atoms with E-state index in [1.807, 2.05) is 66.4 Å². The molecule has 0 atom stereocenters. The zero-order valence-corrected chi connectivity index (χ0v) is 16.3. The zero-order chi connectivity index (χ0) is 19.8. The molecule has 2 amide bonds. The van der Waals surface area contributed by atoms with Crippen LogP contribution in [0.1, 0.15) is 12.5 Å². The number of benzene rings is 2. The van der Waals surface area contributed by atoms with Crippen LogP contribution >= 0.6 is 0 Å². The van der Waals surface area contributed by atoms with Gasteiger partial charge < -0.3 is 19.9 Å². The summed E-state index contributed by atoms with van der Waals surface area (Å²) in [5.41, 5.74) is 2.00. The lowest BCUT2D eigenvalue weighted by Crippen LogP contribution is -2.51. The van der Waals surface area contributed by atoms with E-state index in [1.54, 1.807) is 0 Å². The third-order valence-electron chi connectivity index (χ3n) is 4.78. The van der Waals surface area contributed by atoms with E-state index >= 15 is 0 Å². The summed E-state index contributed by atoms with van der Waals surface area (Å²) in [7, 11) is 0. The first-order chi connectivity index (χ1) is 13.7. The van der Waals surface area contributed by atoms with E-state index in [4.69, 9.17) is 4.74 Å². The van der Waals surface area contributed by atoms with Crippen LogP contribution in [0, 0.1) is 0 Å². The zero-order valence-electron chi connectivity index (χ0n) is 16.3. The molecule has 2 aromatic rings. The Labute approximate surface area is 166 Å². The van der Waals surface area contributed by atoms with Crippen molar-refractivity contribution >= 4 is 17.5 Å². The van der Waals surface area contributed by atoms with Gasteiger partial charge >= 0.3 is 0 Å². The van der Waals surface area contributed by atoms with Gasteiger partial charge in [0.2, 0.25) is 11.8 Å². The summed E-state index contributed by atoms with van der Waals surface area (Å²) in [6.07, 6.45) is 0.288. The number of para-hydroxylation sites is 2. The molecular formula is C22H27N3O3. The smallest absolute Gasteiger partial charge is 0.242 e. The Hall–Kier alpha value is -3.02. The number of piperazine rings is 1. The topological polar surface area (TPSA) is 61.9 Å². The maximum Gasteiger partial charge on any atom is 0.242 e. The van der Waals surface area contributed by atoms with Gasteiger partial charge in [0.25, 0.3) is 0 Å². The third kappa shape index (κ3) is 5.25. The maximum absolute atomic E-state index is 12.4. The molecule has 0 unspecified atom stereocenters. The molecule has 0 spiro atoms. The van der Waals surface area contributed by atoms with Gasteiger partial charge in [0.1, 0.15) is 5.75 Å². The van der Waals surface area contributed by atoms with E-state index < -0.39 is 0 Å². The first-order valence-electron chi connectivity index (χ1n) is 9.72. The first-order valence-corrected chi connectivity index (χ1v) is 9.72. The highest BCUT2D eigenvalue weighted by Gasteiger charge is 2.23. The summed E-state index contributed by atoms with van der Waals surface area (Å²) < 4.78 is 5.71. The number of carbonyl (C=O) groups is 2. The summed E-state index contributed by atoms with van der Waals surface area (Å²) in [5, 5.41) is 2.73. The molecule has 1 aliphatic rings. The molecule has 28 heavy (non-hydrogen) atoms. The number of hydrogen-bond acceptors (Lipinski definition) is 4. The molecule has 3 rings (SSSR count). The van der Waals surface area contributed by atoms with Crippen LogP contribution in [0.2, 0.25) is 0 Å². The van der Waals surface area contributed by atoms with Gasteiger partial charge in [-0.15, -0.1) is 0 Å². The molecule has 6 heteroatoms. The van der Waals surface area contributed by atoms with Crippen molar-refractivity contribution in [2.24, 2.45) is 0 Å². The van der Waals surface area contributed by atoms with Crippen LogP contribution < -0.4 is 15.0 Å². The van der Waals surface area contributed by atoms with Crippen LogP contribution in [0.4, 0.5) is 5.69 Å². The van der Waals surface area contributed by atoms with Gasteiger partial charge in [-0.05, 0) is 24.6 Å². The van der Waals surface area contributed by atoms with Crippen LogP contribution in [-0.4, -0.2) is 56.0 Å². The lowest BCUT2D eigenvalue weighted by molar-refractivity contribution is -0.133. The molecule has 1 heterocycles. The van der Waals surface area contributed by atoms with Crippen LogP contribution in [0.15, 0.2) is 54.6 Å². The second-order valence-electron chi connectivity index (χ2n) is 6.71. The standard InChI is InChI=1S/C22H27N3O3/c1-2-28-20-11-7-6-10-19(20)24-12-14-25(15-13-24)22(27)17-23-21(26)16-18-8-4-3-5-9-18/h3-11H,2,12-17H2,1H3,(H,23,26). The number of nitrogens with one attached hydrogen (secondary N) is 1. The molecule has 1 fully saturated rings. The van der Waals surface area contributed by atoms with Crippen LogP contribution in [0.5, 0.6) is 5.75 Å². The van der Waals surface area contributed by atoms with Crippen molar-refractivity contribution in [1.82, 2.24) is 10.2 Å². The Bertz CT molecular complexity index is 787. The lowest BCUT2D eigenvalue weighted by atomic mass is 10.1. The molecule has 0 saturated carbocycles. The van der Waals surface area contributed by atoms with E-state index in [9.17, 15) is 9.59 Å². The van der Waals surface area contributed by atoms with Crippen LogP contribution in [0.25, 0.3) is 0 Å². The minimum atomic E-state index is -0.135. The normalized spacial score (nSPS) is 13.9. The molecule has 0 aromatic heterocycles. The number of hydrogen-bond donors (Lipinski definition) is 1. The number of rotatable bonds is 7. The first kappa shape index (κ1) is 19.7. The van der Waals surface area contributed by atoms with E-state index in [1.165, 1.54) is 0 Å². The fourth-order valence-corrected chi connectivity index (χ4v) is 3.32. The highest BCUT2D eigenvalue weighted by atomic mass is 16.5. The predicted molar refractivity (Wildman–Crippen MR) is 110 cm³/mol. The minimum absolute atomic E-state index is 0.0424. The molecule has 6 nitrogen and oxygen atoms in total. The largest absolute Gasteiger partial charge is 0.492 e. The monoisotopic (exact) mass is 381 g/mol. The average molecular weight is 381 g/mol. The van der Waals surface area contributed by atoms with Crippen LogP contribution in [-0.2, 0) is 16.0 Å². The Balaban J connectivity index is 1.46. The fourth-order valence-electron chi connectivity index (χ4n) is 3.32. The Morgan fingerprint density at radius 1 is 0.964 bits per heavy atom. The molecule has 2 aromatic carbocycles. The van der Waals surface area contributed by atoms with Gasteiger partial charge in [-0.2, -0.15) is 0 Å². The number of ether oxygens (including phenoxy) is 1. The van der Waals surface area contributed by atoms with Gasteiger partial charge in [-0.3, -0.25) is 9.59 Å². The van der Waals surface area contributed by atoms with Crippen molar-refractivity contribution in [3.05, 3.63) is 60.2 Å². The second kappa shape index (κ2) is 9.78. The Morgan fingerprint density at radius 2 is 1.64 bits per heavy atom. The number of carbonyl (C=O) groups excluding carboxylic acids is 2. The molecule has 1 N–H and O–H groups in total. The van der Waals surface area contributed by atoms with Crippen molar-refractivity contribution in [3.63, 3.8) is 0 Å². The van der Waals surface area contributed by atoms with Gasteiger partial charge in [0.05, 0.1) is 25.3 Å². The van der Waals surface area contributed by atoms with Gasteiger partial charge in [0.15, 0.2) is 0 Å². The van der Waals surface area contributed by atoms with Gasteiger partial charge in [0, 0.05) is 26.2 Å². The predicted octanol–water partition coefficient (Wildman–Crippen LogP) is 2.09. The van der Waals surface area contributed by atoms with Gasteiger partial charge in [-0.1, -0.05) is 42.5 Å². The SMILES string of the molecule is CCOc1ccccc1N1CCN(C(=O)CNC(=O)Cc2ccccc2)CC1. The highest BCUT2D eigenvalue weighted by Crippen LogP contribution is 2.28. The Morgan fingerprint density at radius 3 is 2.36 bits per heavy atom. The number of nitrogens with zero attached hydrogens (tertiary/aromatic N) is 2.